The molecule has 0 radical (unpaired) electrons. The summed E-state index contributed by atoms with van der Waals surface area (Å²) in [5.41, 5.74) is 4.51. The third-order valence-corrected chi connectivity index (χ3v) is 7.84. The average molecular weight is 562 g/mol. The highest BCUT2D eigenvalue weighted by molar-refractivity contribution is 6.55. The first kappa shape index (κ1) is 25.6. The first-order chi connectivity index (χ1) is 16.3. The van der Waals surface area contributed by atoms with Crippen molar-refractivity contribution in [2.45, 2.75) is 22.6 Å². The highest BCUT2D eigenvalue weighted by Gasteiger charge is 2.81. The largest absolute Gasteiger partial charge is 0.369 e. The SMILES string of the molecule is Cc1c(Cl)cc(C2(C(N)=O)C(c3ccc(F)c(Cl)c3)C2(Cl)Cl)cc1C(=O)Nc1ccc(F)cc1F. The Kier molecular flexibility index (Phi) is 6.51. The van der Waals surface area contributed by atoms with Crippen LogP contribution in [0.2, 0.25) is 10.0 Å². The minimum atomic E-state index is -1.78. The van der Waals surface area contributed by atoms with Crippen LogP contribution in [-0.4, -0.2) is 16.1 Å². The van der Waals surface area contributed by atoms with E-state index in [0.29, 0.717) is 17.2 Å². The molecule has 4 nitrogen and oxygen atoms in total. The van der Waals surface area contributed by atoms with Crippen LogP contribution >= 0.6 is 46.4 Å². The molecule has 0 saturated heterocycles. The fourth-order valence-corrected chi connectivity index (χ4v) is 5.79. The molecule has 35 heavy (non-hydrogen) atoms. The molecule has 1 aliphatic carbocycles. The fourth-order valence-electron chi connectivity index (χ4n) is 4.29. The van der Waals surface area contributed by atoms with Gasteiger partial charge in [-0.05, 0) is 60.0 Å². The van der Waals surface area contributed by atoms with Crippen LogP contribution in [0.3, 0.4) is 0 Å². The second kappa shape index (κ2) is 8.89. The van der Waals surface area contributed by atoms with E-state index in [1.807, 2.05) is 0 Å². The van der Waals surface area contributed by atoms with Gasteiger partial charge in [0.15, 0.2) is 0 Å². The molecule has 0 spiro atoms. The van der Waals surface area contributed by atoms with Crippen molar-refractivity contribution in [2.24, 2.45) is 5.73 Å². The van der Waals surface area contributed by atoms with Crippen LogP contribution in [0.15, 0.2) is 48.5 Å². The lowest BCUT2D eigenvalue weighted by Gasteiger charge is -2.19. The first-order valence-corrected chi connectivity index (χ1v) is 11.5. The van der Waals surface area contributed by atoms with Gasteiger partial charge >= 0.3 is 0 Å². The lowest BCUT2D eigenvalue weighted by atomic mass is 9.87. The minimum Gasteiger partial charge on any atom is -0.369 e. The van der Waals surface area contributed by atoms with E-state index in [-0.39, 0.29) is 26.9 Å². The number of hydrogen-bond donors (Lipinski definition) is 2. The second-order valence-corrected chi connectivity index (χ2v) is 10.3. The van der Waals surface area contributed by atoms with Crippen molar-refractivity contribution >= 4 is 63.9 Å². The number of carbonyl (C=O) groups excluding carboxylic acids is 2. The molecule has 4 rings (SSSR count). The highest BCUT2D eigenvalue weighted by atomic mass is 35.5. The molecule has 0 bridgehead atoms. The van der Waals surface area contributed by atoms with Gasteiger partial charge in [-0.3, -0.25) is 9.59 Å². The van der Waals surface area contributed by atoms with Gasteiger partial charge in [-0.25, -0.2) is 13.2 Å². The number of alkyl halides is 2. The van der Waals surface area contributed by atoms with Crippen LogP contribution in [0.1, 0.15) is 33.0 Å². The lowest BCUT2D eigenvalue weighted by molar-refractivity contribution is -0.120. The summed E-state index contributed by atoms with van der Waals surface area (Å²) in [5.74, 6) is -5.12. The number of primary amides is 1. The van der Waals surface area contributed by atoms with E-state index >= 15 is 0 Å². The summed E-state index contributed by atoms with van der Waals surface area (Å²) < 4.78 is 39.2. The van der Waals surface area contributed by atoms with E-state index in [9.17, 15) is 22.8 Å². The molecular formula is C24H15Cl4F3N2O2. The molecule has 2 unspecified atom stereocenters. The number of nitrogens with two attached hydrogens (primary N) is 1. The molecule has 3 aromatic carbocycles. The molecule has 1 saturated carbocycles. The highest BCUT2D eigenvalue weighted by Crippen LogP contribution is 2.74. The van der Waals surface area contributed by atoms with Gasteiger partial charge in [0.1, 0.15) is 27.2 Å². The summed E-state index contributed by atoms with van der Waals surface area (Å²) in [5, 5.41) is 2.22. The van der Waals surface area contributed by atoms with Crippen molar-refractivity contribution in [2.75, 3.05) is 5.32 Å². The number of halogens is 7. The minimum absolute atomic E-state index is 0.0243. The second-order valence-electron chi connectivity index (χ2n) is 8.11. The Morgan fingerprint density at radius 3 is 2.23 bits per heavy atom. The number of anilines is 1. The maximum Gasteiger partial charge on any atom is 0.256 e. The molecule has 0 heterocycles. The Balaban J connectivity index is 1.82. The molecule has 0 aromatic heterocycles. The van der Waals surface area contributed by atoms with Gasteiger partial charge in [0, 0.05) is 22.6 Å². The third-order valence-electron chi connectivity index (χ3n) is 6.13. The van der Waals surface area contributed by atoms with Crippen molar-refractivity contribution < 1.29 is 22.8 Å². The van der Waals surface area contributed by atoms with E-state index in [0.717, 1.165) is 18.2 Å². The Labute approximate surface area is 218 Å². The monoisotopic (exact) mass is 560 g/mol. The van der Waals surface area contributed by atoms with Crippen molar-refractivity contribution in [3.63, 3.8) is 0 Å². The van der Waals surface area contributed by atoms with E-state index in [2.05, 4.69) is 5.32 Å². The number of hydrogen-bond acceptors (Lipinski definition) is 2. The maximum atomic E-state index is 14.1. The molecule has 2 amide bonds. The van der Waals surface area contributed by atoms with Gasteiger partial charge in [0.2, 0.25) is 5.91 Å². The summed E-state index contributed by atoms with van der Waals surface area (Å²) >= 11 is 25.4. The normalized spacial score (nSPS) is 20.4. The summed E-state index contributed by atoms with van der Waals surface area (Å²) in [7, 11) is 0. The summed E-state index contributed by atoms with van der Waals surface area (Å²) in [6.45, 7) is 1.54. The zero-order valence-corrected chi connectivity index (χ0v) is 20.8. The predicted molar refractivity (Wildman–Crippen MR) is 130 cm³/mol. The lowest BCUT2D eigenvalue weighted by Crippen LogP contribution is -2.34. The van der Waals surface area contributed by atoms with E-state index in [4.69, 9.17) is 52.1 Å². The first-order valence-electron chi connectivity index (χ1n) is 10.0. The zero-order chi connectivity index (χ0) is 25.9. The van der Waals surface area contributed by atoms with Crippen LogP contribution in [0.4, 0.5) is 18.9 Å². The van der Waals surface area contributed by atoms with Gasteiger partial charge in [0.05, 0.1) is 10.7 Å². The molecule has 1 aliphatic rings. The quantitative estimate of drug-likeness (QED) is 0.342. The third kappa shape index (κ3) is 4.04. The van der Waals surface area contributed by atoms with Gasteiger partial charge in [-0.15, -0.1) is 0 Å². The Hall–Kier alpha value is -2.45. The van der Waals surface area contributed by atoms with E-state index in [1.54, 1.807) is 0 Å². The van der Waals surface area contributed by atoms with Gasteiger partial charge in [0.25, 0.3) is 5.91 Å². The molecule has 3 N–H and O–H groups in total. The van der Waals surface area contributed by atoms with Crippen LogP contribution in [0.5, 0.6) is 0 Å². The Bertz CT molecular complexity index is 1400. The molecule has 182 valence electrons. The molecule has 11 heteroatoms. The predicted octanol–water partition coefficient (Wildman–Crippen LogP) is 6.67. The van der Waals surface area contributed by atoms with Gasteiger partial charge < -0.3 is 11.1 Å². The summed E-state index contributed by atoms with van der Waals surface area (Å²) in [4.78, 5) is 25.8. The van der Waals surface area contributed by atoms with E-state index in [1.165, 1.54) is 31.2 Å². The van der Waals surface area contributed by atoms with Crippen LogP contribution in [0.25, 0.3) is 0 Å². The van der Waals surface area contributed by atoms with Crippen LogP contribution in [-0.2, 0) is 10.2 Å². The van der Waals surface area contributed by atoms with E-state index < -0.39 is 44.9 Å². The van der Waals surface area contributed by atoms with Crippen molar-refractivity contribution in [1.29, 1.82) is 0 Å². The number of amides is 2. The van der Waals surface area contributed by atoms with Crippen LogP contribution in [0, 0.1) is 24.4 Å². The smallest absolute Gasteiger partial charge is 0.256 e. The Morgan fingerprint density at radius 1 is 0.943 bits per heavy atom. The molecule has 3 aromatic rings. The number of rotatable bonds is 5. The van der Waals surface area contributed by atoms with Crippen LogP contribution < -0.4 is 11.1 Å². The molecular weight excluding hydrogens is 547 g/mol. The summed E-state index contributed by atoms with van der Waals surface area (Å²) in [6, 6.07) is 9.15. The standard InChI is InChI=1S/C24H15Cl4F3N2O2/c1-10-14(21(34)33-19-5-3-13(29)9-18(19)31)7-12(8-15(10)25)23(22(32)35)20(24(23,27)28)11-2-4-17(30)16(26)6-11/h2-9,20H,1H3,(H2,32,35)(H,33,34). The number of nitrogens with one attached hydrogen (secondary N) is 1. The zero-order valence-electron chi connectivity index (χ0n) is 17.7. The topological polar surface area (TPSA) is 72.2 Å². The summed E-state index contributed by atoms with van der Waals surface area (Å²) in [6.07, 6.45) is 0. The van der Waals surface area contributed by atoms with Gasteiger partial charge in [-0.1, -0.05) is 52.5 Å². The molecule has 1 fully saturated rings. The molecule has 2 atom stereocenters. The van der Waals surface area contributed by atoms with Crippen molar-refractivity contribution in [3.8, 4) is 0 Å². The number of carbonyl (C=O) groups is 2. The molecule has 0 aliphatic heterocycles. The average Bonchev–Trinajstić information content (AvgIpc) is 3.31. The van der Waals surface area contributed by atoms with Crippen molar-refractivity contribution in [3.05, 3.63) is 98.3 Å². The maximum absolute atomic E-state index is 14.1. The Morgan fingerprint density at radius 2 is 1.63 bits per heavy atom. The van der Waals surface area contributed by atoms with Gasteiger partial charge in [-0.2, -0.15) is 0 Å². The fraction of sp³-hybridized carbons (Fsp3) is 0.167. The number of benzene rings is 3. The van der Waals surface area contributed by atoms with Crippen molar-refractivity contribution in [1.82, 2.24) is 0 Å².